The van der Waals surface area contributed by atoms with Crippen LogP contribution in [0.3, 0.4) is 0 Å². The Hall–Kier alpha value is -1.48. The second-order valence-corrected chi connectivity index (χ2v) is 4.14. The molecule has 0 saturated heterocycles. The average molecular weight is 220 g/mol. The average Bonchev–Trinajstić information content (AvgIpc) is 2.58. The Balaban J connectivity index is 2.27. The zero-order valence-corrected chi connectivity index (χ0v) is 9.04. The number of benzene rings is 1. The molecule has 1 N–H and O–H groups in total. The van der Waals surface area contributed by atoms with Crippen molar-refractivity contribution in [2.45, 2.75) is 13.5 Å². The fourth-order valence-corrected chi connectivity index (χ4v) is 2.07. The molecule has 1 aliphatic rings. The van der Waals surface area contributed by atoms with Gasteiger partial charge in [-0.25, -0.2) is 4.68 Å². The molecule has 2 aromatic rings. The molecule has 3 rings (SSSR count). The molecule has 1 aromatic carbocycles. The van der Waals surface area contributed by atoms with E-state index in [9.17, 15) is 0 Å². The van der Waals surface area contributed by atoms with Gasteiger partial charge in [0, 0.05) is 5.02 Å². The highest BCUT2D eigenvalue weighted by molar-refractivity contribution is 6.30. The van der Waals surface area contributed by atoms with Gasteiger partial charge in [-0.05, 0) is 31.2 Å². The van der Waals surface area contributed by atoms with Crippen LogP contribution in [0.4, 0.5) is 5.69 Å². The van der Waals surface area contributed by atoms with E-state index in [0.717, 1.165) is 28.6 Å². The summed E-state index contributed by atoms with van der Waals surface area (Å²) in [4.78, 5) is 0. The van der Waals surface area contributed by atoms with Gasteiger partial charge in [0.05, 0.1) is 29.3 Å². The SMILES string of the molecule is Cc1cc2n(n1)-c1cc(Cl)ccc1NC2. The van der Waals surface area contributed by atoms with Gasteiger partial charge in [-0.3, -0.25) is 0 Å². The molecule has 76 valence electrons. The standard InChI is InChI=1S/C11H10ClN3/c1-7-4-9-6-13-10-3-2-8(12)5-11(10)15(9)14-7/h2-5,13H,6H2,1H3. The van der Waals surface area contributed by atoms with Crippen LogP contribution in [-0.2, 0) is 6.54 Å². The van der Waals surface area contributed by atoms with Crippen molar-refractivity contribution in [3.8, 4) is 5.69 Å². The van der Waals surface area contributed by atoms with Gasteiger partial charge in [-0.1, -0.05) is 11.6 Å². The Morgan fingerprint density at radius 3 is 3.13 bits per heavy atom. The van der Waals surface area contributed by atoms with Crippen LogP contribution in [0.15, 0.2) is 24.3 Å². The molecule has 4 heteroatoms. The Labute approximate surface area is 92.7 Å². The number of anilines is 1. The van der Waals surface area contributed by atoms with Crippen molar-refractivity contribution in [1.29, 1.82) is 0 Å². The summed E-state index contributed by atoms with van der Waals surface area (Å²) in [6.45, 7) is 2.81. The Morgan fingerprint density at radius 2 is 2.27 bits per heavy atom. The van der Waals surface area contributed by atoms with Crippen molar-refractivity contribution in [1.82, 2.24) is 9.78 Å². The van der Waals surface area contributed by atoms with E-state index in [2.05, 4.69) is 16.5 Å². The van der Waals surface area contributed by atoms with Crippen molar-refractivity contribution in [3.63, 3.8) is 0 Å². The molecule has 0 atom stereocenters. The Kier molecular flexibility index (Phi) is 1.76. The Morgan fingerprint density at radius 1 is 1.40 bits per heavy atom. The van der Waals surface area contributed by atoms with Gasteiger partial charge < -0.3 is 5.32 Å². The molecule has 0 radical (unpaired) electrons. The van der Waals surface area contributed by atoms with E-state index in [-0.39, 0.29) is 0 Å². The maximum absolute atomic E-state index is 5.98. The number of fused-ring (bicyclic) bond motifs is 3. The van der Waals surface area contributed by atoms with E-state index < -0.39 is 0 Å². The third-order valence-corrected chi connectivity index (χ3v) is 2.79. The molecular formula is C11H10ClN3. The Bertz CT molecular complexity index is 531. The van der Waals surface area contributed by atoms with Crippen LogP contribution in [0.25, 0.3) is 5.69 Å². The van der Waals surface area contributed by atoms with Gasteiger partial charge in [-0.2, -0.15) is 5.10 Å². The summed E-state index contributed by atoms with van der Waals surface area (Å²) in [6.07, 6.45) is 0. The zero-order chi connectivity index (χ0) is 10.4. The topological polar surface area (TPSA) is 29.9 Å². The van der Waals surface area contributed by atoms with Crippen LogP contribution in [0.2, 0.25) is 5.02 Å². The normalized spacial score (nSPS) is 12.9. The third-order valence-electron chi connectivity index (χ3n) is 2.55. The highest BCUT2D eigenvalue weighted by atomic mass is 35.5. The number of nitrogens with one attached hydrogen (secondary N) is 1. The van der Waals surface area contributed by atoms with E-state index in [1.165, 1.54) is 5.69 Å². The highest BCUT2D eigenvalue weighted by Gasteiger charge is 2.16. The predicted molar refractivity (Wildman–Crippen MR) is 60.6 cm³/mol. The first-order valence-electron chi connectivity index (χ1n) is 4.83. The summed E-state index contributed by atoms with van der Waals surface area (Å²) < 4.78 is 1.95. The van der Waals surface area contributed by atoms with Crippen LogP contribution in [0.1, 0.15) is 11.4 Å². The molecule has 2 heterocycles. The first kappa shape index (κ1) is 8.80. The number of hydrogen-bond acceptors (Lipinski definition) is 2. The molecule has 1 aliphatic heterocycles. The summed E-state index contributed by atoms with van der Waals surface area (Å²) >= 11 is 5.98. The van der Waals surface area contributed by atoms with Gasteiger partial charge >= 0.3 is 0 Å². The van der Waals surface area contributed by atoms with E-state index in [1.54, 1.807) is 0 Å². The maximum atomic E-state index is 5.98. The van der Waals surface area contributed by atoms with Crippen LogP contribution in [0, 0.1) is 6.92 Å². The van der Waals surface area contributed by atoms with Crippen LogP contribution in [0.5, 0.6) is 0 Å². The van der Waals surface area contributed by atoms with E-state index in [4.69, 9.17) is 11.6 Å². The molecule has 0 spiro atoms. The molecule has 0 bridgehead atoms. The number of rotatable bonds is 0. The molecule has 3 nitrogen and oxygen atoms in total. The van der Waals surface area contributed by atoms with Crippen molar-refractivity contribution in [2.24, 2.45) is 0 Å². The molecule has 0 saturated carbocycles. The lowest BCUT2D eigenvalue weighted by Crippen LogP contribution is -2.15. The second-order valence-electron chi connectivity index (χ2n) is 3.70. The number of hydrogen-bond donors (Lipinski definition) is 1. The quantitative estimate of drug-likeness (QED) is 0.739. The van der Waals surface area contributed by atoms with Crippen molar-refractivity contribution in [3.05, 3.63) is 40.7 Å². The summed E-state index contributed by atoms with van der Waals surface area (Å²) in [5.74, 6) is 0. The first-order valence-corrected chi connectivity index (χ1v) is 5.21. The minimum absolute atomic E-state index is 0.733. The lowest BCUT2D eigenvalue weighted by molar-refractivity contribution is 0.788. The molecule has 0 unspecified atom stereocenters. The van der Waals surface area contributed by atoms with Gasteiger partial charge in [0.25, 0.3) is 0 Å². The smallest absolute Gasteiger partial charge is 0.0895 e. The fourth-order valence-electron chi connectivity index (χ4n) is 1.90. The maximum Gasteiger partial charge on any atom is 0.0895 e. The summed E-state index contributed by atoms with van der Waals surface area (Å²) in [5.41, 5.74) is 4.30. The van der Waals surface area contributed by atoms with E-state index in [1.807, 2.05) is 29.8 Å². The third kappa shape index (κ3) is 1.31. The highest BCUT2D eigenvalue weighted by Crippen LogP contribution is 2.29. The largest absolute Gasteiger partial charge is 0.378 e. The lowest BCUT2D eigenvalue weighted by Gasteiger charge is -2.19. The second kappa shape index (κ2) is 3.00. The minimum atomic E-state index is 0.733. The molecule has 0 fully saturated rings. The molecule has 0 amide bonds. The predicted octanol–water partition coefficient (Wildman–Crippen LogP) is 2.76. The monoisotopic (exact) mass is 219 g/mol. The fraction of sp³-hybridized carbons (Fsp3) is 0.182. The number of nitrogens with zero attached hydrogens (tertiary/aromatic N) is 2. The number of halogens is 1. The summed E-state index contributed by atoms with van der Waals surface area (Å²) in [6, 6.07) is 7.88. The van der Waals surface area contributed by atoms with Crippen molar-refractivity contribution < 1.29 is 0 Å². The van der Waals surface area contributed by atoms with Gasteiger partial charge in [0.2, 0.25) is 0 Å². The van der Waals surface area contributed by atoms with Crippen LogP contribution in [-0.4, -0.2) is 9.78 Å². The van der Waals surface area contributed by atoms with Crippen LogP contribution >= 0.6 is 11.6 Å². The van der Waals surface area contributed by atoms with E-state index in [0.29, 0.717) is 0 Å². The summed E-state index contributed by atoms with van der Waals surface area (Å²) in [7, 11) is 0. The van der Waals surface area contributed by atoms with E-state index >= 15 is 0 Å². The molecule has 15 heavy (non-hydrogen) atoms. The van der Waals surface area contributed by atoms with Gasteiger partial charge in [0.1, 0.15) is 0 Å². The van der Waals surface area contributed by atoms with Crippen LogP contribution < -0.4 is 5.32 Å². The van der Waals surface area contributed by atoms with Gasteiger partial charge in [0.15, 0.2) is 0 Å². The number of aromatic nitrogens is 2. The van der Waals surface area contributed by atoms with Gasteiger partial charge in [-0.15, -0.1) is 0 Å². The molecular weight excluding hydrogens is 210 g/mol. The molecule has 1 aromatic heterocycles. The summed E-state index contributed by atoms with van der Waals surface area (Å²) in [5, 5.41) is 8.52. The zero-order valence-electron chi connectivity index (χ0n) is 8.29. The number of aryl methyl sites for hydroxylation is 1. The van der Waals surface area contributed by atoms with Crippen molar-refractivity contribution in [2.75, 3.05) is 5.32 Å². The first-order chi connectivity index (χ1) is 7.24. The van der Waals surface area contributed by atoms with Crippen molar-refractivity contribution >= 4 is 17.3 Å². The lowest BCUT2D eigenvalue weighted by atomic mass is 10.2. The molecule has 0 aliphatic carbocycles. The minimum Gasteiger partial charge on any atom is -0.378 e.